The number of likely N-dealkylation sites (N-methyl/N-ethyl adjacent to an activating group) is 1. The maximum Gasteiger partial charge on any atom is 0.417 e. The van der Waals surface area contributed by atoms with Crippen LogP contribution in [0.3, 0.4) is 0 Å². The first-order valence-electron chi connectivity index (χ1n) is 11.0. The number of rotatable bonds is 14. The number of nitrogens with zero attached hydrogens (tertiary/aromatic N) is 1. The van der Waals surface area contributed by atoms with Crippen molar-refractivity contribution in [1.29, 1.82) is 0 Å². The Morgan fingerprint density at radius 2 is 1.41 bits per heavy atom. The fourth-order valence-corrected chi connectivity index (χ4v) is 3.29. The molecule has 3 N–H and O–H groups in total. The molecule has 0 aliphatic rings. The Labute approximate surface area is 194 Å². The standard InChI is InChI=1S/C22H31F6N3O3/c1-31(13-8-6-4-2-3-5-7-9-19(32)33)14-12-29-20(34)30-16-10-11-17(21(23,24)25)18(15-16)22(26,27)28/h10-11,15H,2-9,12-14H2,1H3,(H,32,33)(H2,29,30,34). The molecule has 6 nitrogen and oxygen atoms in total. The van der Waals surface area contributed by atoms with Crippen molar-refractivity contribution in [1.82, 2.24) is 10.2 Å². The fourth-order valence-electron chi connectivity index (χ4n) is 3.29. The molecule has 0 saturated heterocycles. The van der Waals surface area contributed by atoms with Crippen molar-refractivity contribution in [3.05, 3.63) is 29.3 Å². The zero-order chi connectivity index (χ0) is 25.8. The van der Waals surface area contributed by atoms with E-state index < -0.39 is 41.2 Å². The van der Waals surface area contributed by atoms with Crippen LogP contribution in [0.15, 0.2) is 18.2 Å². The van der Waals surface area contributed by atoms with E-state index >= 15 is 0 Å². The van der Waals surface area contributed by atoms with Crippen LogP contribution in [-0.2, 0) is 17.1 Å². The molecule has 2 amide bonds. The van der Waals surface area contributed by atoms with Crippen LogP contribution in [0.2, 0.25) is 0 Å². The lowest BCUT2D eigenvalue weighted by molar-refractivity contribution is -0.162. The number of aliphatic carboxylic acids is 1. The molecule has 0 radical (unpaired) electrons. The van der Waals surface area contributed by atoms with Crippen LogP contribution in [0.4, 0.5) is 36.8 Å². The zero-order valence-electron chi connectivity index (χ0n) is 19.0. The molecule has 0 spiro atoms. The molecule has 194 valence electrons. The molecule has 0 saturated carbocycles. The largest absolute Gasteiger partial charge is 0.481 e. The van der Waals surface area contributed by atoms with Crippen LogP contribution in [0, 0.1) is 0 Å². The summed E-state index contributed by atoms with van der Waals surface area (Å²) in [6.45, 7) is 1.48. The SMILES string of the molecule is CN(CCCCCCCCCC(=O)O)CCNC(=O)Nc1ccc(C(F)(F)F)c(C(F)(F)F)c1. The Hall–Kier alpha value is -2.50. The van der Waals surface area contributed by atoms with Crippen molar-refractivity contribution in [3.63, 3.8) is 0 Å². The van der Waals surface area contributed by atoms with Crippen molar-refractivity contribution in [2.24, 2.45) is 0 Å². The number of halogens is 6. The molecular weight excluding hydrogens is 468 g/mol. The summed E-state index contributed by atoms with van der Waals surface area (Å²) in [6.07, 6.45) is -3.51. The highest BCUT2D eigenvalue weighted by atomic mass is 19.4. The second kappa shape index (κ2) is 14.0. The van der Waals surface area contributed by atoms with Crippen LogP contribution in [0.25, 0.3) is 0 Å². The highest BCUT2D eigenvalue weighted by molar-refractivity contribution is 5.89. The predicted molar refractivity (Wildman–Crippen MR) is 116 cm³/mol. The summed E-state index contributed by atoms with van der Waals surface area (Å²) in [7, 11) is 1.86. The molecule has 0 aromatic heterocycles. The van der Waals surface area contributed by atoms with Crippen LogP contribution in [0.5, 0.6) is 0 Å². The number of unbranched alkanes of at least 4 members (excludes halogenated alkanes) is 6. The number of hydrogen-bond donors (Lipinski definition) is 3. The topological polar surface area (TPSA) is 81.7 Å². The molecule has 0 aliphatic heterocycles. The Bertz CT molecular complexity index is 784. The number of alkyl halides is 6. The van der Waals surface area contributed by atoms with Gasteiger partial charge in [0.1, 0.15) is 0 Å². The first-order valence-corrected chi connectivity index (χ1v) is 11.0. The highest BCUT2D eigenvalue weighted by Crippen LogP contribution is 2.41. The first-order chi connectivity index (χ1) is 15.8. The summed E-state index contributed by atoms with van der Waals surface area (Å²) in [5.74, 6) is -0.773. The van der Waals surface area contributed by atoms with E-state index in [1.54, 1.807) is 0 Å². The van der Waals surface area contributed by atoms with Gasteiger partial charge in [0, 0.05) is 25.2 Å². The molecule has 0 heterocycles. The van der Waals surface area contributed by atoms with Gasteiger partial charge in [-0.3, -0.25) is 4.79 Å². The summed E-state index contributed by atoms with van der Waals surface area (Å²) in [6, 6.07) is 0.517. The molecule has 1 rings (SSSR count). The summed E-state index contributed by atoms with van der Waals surface area (Å²) < 4.78 is 77.4. The second-order valence-corrected chi connectivity index (χ2v) is 8.06. The minimum atomic E-state index is -5.22. The van der Waals surface area contributed by atoms with Gasteiger partial charge in [-0.15, -0.1) is 0 Å². The van der Waals surface area contributed by atoms with Gasteiger partial charge in [0.25, 0.3) is 0 Å². The van der Waals surface area contributed by atoms with Gasteiger partial charge < -0.3 is 20.6 Å². The Morgan fingerprint density at radius 1 is 0.853 bits per heavy atom. The minimum absolute atomic E-state index is 0.204. The Kier molecular flexibility index (Phi) is 12.2. The lowest BCUT2D eigenvalue weighted by Gasteiger charge is -2.18. The number of benzene rings is 1. The summed E-state index contributed by atoms with van der Waals surface area (Å²) in [5.41, 5.74) is -4.07. The number of anilines is 1. The second-order valence-electron chi connectivity index (χ2n) is 8.06. The van der Waals surface area contributed by atoms with Crippen LogP contribution in [0.1, 0.15) is 62.5 Å². The predicted octanol–water partition coefficient (Wildman–Crippen LogP) is 5.98. The van der Waals surface area contributed by atoms with Gasteiger partial charge in [0.05, 0.1) is 11.1 Å². The van der Waals surface area contributed by atoms with Crippen LogP contribution >= 0.6 is 0 Å². The van der Waals surface area contributed by atoms with Gasteiger partial charge >= 0.3 is 24.4 Å². The highest BCUT2D eigenvalue weighted by Gasteiger charge is 2.43. The number of carbonyl (C=O) groups is 2. The Balaban J connectivity index is 2.29. The van der Waals surface area contributed by atoms with E-state index in [0.29, 0.717) is 19.0 Å². The van der Waals surface area contributed by atoms with Crippen LogP contribution < -0.4 is 10.6 Å². The molecular formula is C22H31F6N3O3. The van der Waals surface area contributed by atoms with E-state index in [1.807, 2.05) is 11.9 Å². The molecule has 0 fully saturated rings. The number of hydrogen-bond acceptors (Lipinski definition) is 3. The van der Waals surface area contributed by atoms with E-state index in [1.165, 1.54) is 0 Å². The van der Waals surface area contributed by atoms with Gasteiger partial charge in [0.2, 0.25) is 0 Å². The number of urea groups is 1. The third kappa shape index (κ3) is 12.1. The minimum Gasteiger partial charge on any atom is -0.481 e. The van der Waals surface area contributed by atoms with Gasteiger partial charge in [0.15, 0.2) is 0 Å². The number of carboxylic acids is 1. The molecule has 1 aromatic rings. The fraction of sp³-hybridized carbons (Fsp3) is 0.636. The van der Waals surface area contributed by atoms with E-state index in [4.69, 9.17) is 5.11 Å². The molecule has 12 heteroatoms. The molecule has 0 unspecified atom stereocenters. The van der Waals surface area contributed by atoms with Crippen molar-refractivity contribution in [3.8, 4) is 0 Å². The van der Waals surface area contributed by atoms with Gasteiger partial charge in [-0.2, -0.15) is 26.3 Å². The number of amides is 2. The monoisotopic (exact) mass is 499 g/mol. The lowest BCUT2D eigenvalue weighted by Crippen LogP contribution is -2.36. The molecule has 0 bridgehead atoms. The number of carbonyl (C=O) groups excluding carboxylic acids is 1. The van der Waals surface area contributed by atoms with Crippen molar-refractivity contribution >= 4 is 17.7 Å². The molecule has 34 heavy (non-hydrogen) atoms. The van der Waals surface area contributed by atoms with Gasteiger partial charge in [-0.1, -0.05) is 32.1 Å². The van der Waals surface area contributed by atoms with E-state index in [-0.39, 0.29) is 19.0 Å². The van der Waals surface area contributed by atoms with E-state index in [2.05, 4.69) is 10.6 Å². The van der Waals surface area contributed by atoms with Crippen molar-refractivity contribution in [2.75, 3.05) is 32.0 Å². The smallest absolute Gasteiger partial charge is 0.417 e. The van der Waals surface area contributed by atoms with Crippen molar-refractivity contribution < 1.29 is 41.0 Å². The number of carboxylic acid groups (broad SMARTS) is 1. The van der Waals surface area contributed by atoms with Gasteiger partial charge in [-0.25, -0.2) is 4.79 Å². The van der Waals surface area contributed by atoms with Crippen LogP contribution in [-0.4, -0.2) is 48.7 Å². The maximum atomic E-state index is 13.0. The molecule has 1 aromatic carbocycles. The normalized spacial score (nSPS) is 12.1. The first kappa shape index (κ1) is 29.5. The lowest BCUT2D eigenvalue weighted by atomic mass is 10.1. The molecule has 0 atom stereocenters. The average Bonchev–Trinajstić information content (AvgIpc) is 2.70. The summed E-state index contributed by atoms with van der Waals surface area (Å²) in [4.78, 5) is 24.3. The third-order valence-corrected chi connectivity index (χ3v) is 5.10. The van der Waals surface area contributed by atoms with Crippen molar-refractivity contribution in [2.45, 2.75) is 63.7 Å². The van der Waals surface area contributed by atoms with E-state index in [9.17, 15) is 35.9 Å². The summed E-state index contributed by atoms with van der Waals surface area (Å²) in [5, 5.41) is 13.2. The van der Waals surface area contributed by atoms with Gasteiger partial charge in [-0.05, 0) is 44.6 Å². The number of nitrogens with one attached hydrogen (secondary N) is 2. The maximum absolute atomic E-state index is 13.0. The zero-order valence-corrected chi connectivity index (χ0v) is 19.0. The quantitative estimate of drug-likeness (QED) is 0.217. The average molecular weight is 499 g/mol. The summed E-state index contributed by atoms with van der Waals surface area (Å²) >= 11 is 0. The molecule has 0 aliphatic carbocycles. The Morgan fingerprint density at radius 3 is 1.97 bits per heavy atom. The third-order valence-electron chi connectivity index (χ3n) is 5.10. The van der Waals surface area contributed by atoms with E-state index in [0.717, 1.165) is 51.1 Å².